The van der Waals surface area contributed by atoms with Gasteiger partial charge >= 0.3 is 11.9 Å². The first-order valence-electron chi connectivity index (χ1n) is 9.86. The zero-order valence-corrected chi connectivity index (χ0v) is 19.5. The molecule has 0 atom stereocenters. The molecule has 14 heteroatoms. The maximum atomic E-state index is 14.7. The van der Waals surface area contributed by atoms with Crippen LogP contribution in [0.4, 0.5) is 17.6 Å². The van der Waals surface area contributed by atoms with Crippen LogP contribution < -0.4 is 21.8 Å². The molecule has 0 saturated heterocycles. The lowest BCUT2D eigenvalue weighted by molar-refractivity contribution is -0.143. The molecule has 0 radical (unpaired) electrons. The average molecular weight is 533 g/mol. The number of nitrogens with zero attached hydrogens (tertiary/aromatic N) is 3. The molecule has 2 N–H and O–H groups in total. The van der Waals surface area contributed by atoms with Crippen molar-refractivity contribution in [2.24, 2.45) is 0 Å². The van der Waals surface area contributed by atoms with Crippen LogP contribution in [0, 0.1) is 5.82 Å². The van der Waals surface area contributed by atoms with E-state index >= 15 is 0 Å². The fourth-order valence-corrected chi connectivity index (χ4v) is 4.11. The third-order valence-electron chi connectivity index (χ3n) is 4.54. The van der Waals surface area contributed by atoms with E-state index in [2.05, 4.69) is 4.98 Å². The molecule has 0 unspecified atom stereocenters. The molecule has 0 spiro atoms. The second kappa shape index (κ2) is 10.5. The topological polar surface area (TPSA) is 109 Å². The van der Waals surface area contributed by atoms with Crippen molar-refractivity contribution in [2.75, 3.05) is 12.4 Å². The van der Waals surface area contributed by atoms with Crippen molar-refractivity contribution in [2.45, 2.75) is 35.7 Å². The van der Waals surface area contributed by atoms with E-state index in [1.54, 1.807) is 12.1 Å². The first kappa shape index (κ1) is 26.3. The highest BCUT2D eigenvalue weighted by molar-refractivity contribution is 7.99. The molecule has 0 aliphatic rings. The number of carbonyl (C=O) groups is 1. The Morgan fingerprint density at radius 2 is 1.94 bits per heavy atom. The molecule has 0 aliphatic heterocycles. The predicted octanol–water partition coefficient (Wildman–Crippen LogP) is 3.82. The molecule has 8 nitrogen and oxygen atoms in total. The van der Waals surface area contributed by atoms with Gasteiger partial charge in [0.1, 0.15) is 11.6 Å². The highest BCUT2D eigenvalue weighted by atomic mass is 35.5. The Hall–Kier alpha value is -3.32. The maximum Gasteiger partial charge on any atom is 0.433 e. The summed E-state index contributed by atoms with van der Waals surface area (Å²) < 4.78 is 59.4. The Balaban J connectivity index is 2.01. The molecule has 2 aromatic heterocycles. The molecule has 3 rings (SSSR count). The van der Waals surface area contributed by atoms with Crippen LogP contribution in [0.3, 0.4) is 0 Å². The number of ketones is 1. The summed E-state index contributed by atoms with van der Waals surface area (Å²) in [5, 5.41) is -0.101. The van der Waals surface area contributed by atoms with Gasteiger partial charge in [0.15, 0.2) is 5.69 Å². The second-order valence-corrected chi connectivity index (χ2v) is 8.64. The number of hydrogen-bond acceptors (Lipinski definition) is 7. The number of alkyl halides is 3. The van der Waals surface area contributed by atoms with Crippen molar-refractivity contribution in [3.63, 3.8) is 0 Å². The zero-order valence-electron chi connectivity index (χ0n) is 17.9. The number of pyridine rings is 1. The molecule has 186 valence electrons. The van der Waals surface area contributed by atoms with Gasteiger partial charge in [-0.3, -0.25) is 4.79 Å². The van der Waals surface area contributed by atoms with Crippen LogP contribution in [-0.4, -0.2) is 26.6 Å². The molecule has 3 aromatic rings. The number of halogens is 5. The van der Waals surface area contributed by atoms with E-state index in [1.165, 1.54) is 13.1 Å². The molecule has 2 heterocycles. The minimum Gasteiger partial charge on any atom is -0.477 e. The molecule has 0 saturated carbocycles. The van der Waals surface area contributed by atoms with Crippen LogP contribution in [0.1, 0.15) is 25.5 Å². The van der Waals surface area contributed by atoms with Gasteiger partial charge in [-0.05, 0) is 37.6 Å². The summed E-state index contributed by atoms with van der Waals surface area (Å²) in [4.78, 5) is 40.6. The maximum absolute atomic E-state index is 14.7. The molecule has 1 aromatic carbocycles. The molecule has 0 bridgehead atoms. The van der Waals surface area contributed by atoms with Gasteiger partial charge in [-0.15, -0.1) is 0 Å². The summed E-state index contributed by atoms with van der Waals surface area (Å²) in [5.74, 6) is 4.30. The van der Waals surface area contributed by atoms with Gasteiger partial charge in [0.25, 0.3) is 5.56 Å². The lowest BCUT2D eigenvalue weighted by atomic mass is 10.2. The summed E-state index contributed by atoms with van der Waals surface area (Å²) in [6.45, 7) is 1.65. The number of nitrogens with two attached hydrogens (primary N) is 1. The van der Waals surface area contributed by atoms with Gasteiger partial charge in [0, 0.05) is 23.6 Å². The number of aromatic nitrogens is 3. The van der Waals surface area contributed by atoms with Gasteiger partial charge in [0.05, 0.1) is 22.2 Å². The SMILES string of the molecule is CC(=O)CCCOc1ncccc1Sc1cc(-n2c(=O)cc(C(F)(F)F)n(N)c2=O)c(F)cc1Cl. The lowest BCUT2D eigenvalue weighted by Gasteiger charge is -2.15. The van der Waals surface area contributed by atoms with Crippen molar-refractivity contribution in [1.82, 2.24) is 14.2 Å². The highest BCUT2D eigenvalue weighted by Gasteiger charge is 2.36. The molecule has 0 fully saturated rings. The lowest BCUT2D eigenvalue weighted by Crippen LogP contribution is -2.45. The van der Waals surface area contributed by atoms with Crippen LogP contribution in [0.5, 0.6) is 5.88 Å². The van der Waals surface area contributed by atoms with Gasteiger partial charge in [-0.1, -0.05) is 23.4 Å². The van der Waals surface area contributed by atoms with Crippen molar-refractivity contribution >= 4 is 29.1 Å². The fraction of sp³-hybridized carbons (Fsp3) is 0.238. The van der Waals surface area contributed by atoms with E-state index in [0.29, 0.717) is 17.7 Å². The number of benzene rings is 1. The Labute approximate surface area is 204 Å². The predicted molar refractivity (Wildman–Crippen MR) is 120 cm³/mol. The van der Waals surface area contributed by atoms with Crippen molar-refractivity contribution in [3.05, 3.63) is 73.9 Å². The van der Waals surface area contributed by atoms with E-state index in [9.17, 15) is 31.9 Å². The number of rotatable bonds is 8. The number of hydrogen-bond donors (Lipinski definition) is 1. The van der Waals surface area contributed by atoms with Crippen molar-refractivity contribution in [1.29, 1.82) is 0 Å². The Bertz CT molecular complexity index is 1390. The van der Waals surface area contributed by atoms with E-state index in [0.717, 1.165) is 23.9 Å². The van der Waals surface area contributed by atoms with E-state index in [4.69, 9.17) is 22.2 Å². The molecule has 0 aliphatic carbocycles. The number of ether oxygens (including phenoxy) is 1. The number of nitrogen functional groups attached to an aromatic ring is 1. The van der Waals surface area contributed by atoms with Crippen LogP contribution in [0.25, 0.3) is 5.69 Å². The summed E-state index contributed by atoms with van der Waals surface area (Å²) in [7, 11) is 0. The Morgan fingerprint density at radius 1 is 1.23 bits per heavy atom. The quantitative estimate of drug-likeness (QED) is 0.267. The van der Waals surface area contributed by atoms with E-state index in [1.807, 2.05) is 0 Å². The summed E-state index contributed by atoms with van der Waals surface area (Å²) >= 11 is 7.10. The van der Waals surface area contributed by atoms with E-state index in [-0.39, 0.29) is 43.5 Å². The fourth-order valence-electron chi connectivity index (χ4n) is 2.93. The van der Waals surface area contributed by atoms with Gasteiger partial charge in [-0.25, -0.2) is 23.4 Å². The summed E-state index contributed by atoms with van der Waals surface area (Å²) in [5.41, 5.74) is -5.36. The monoisotopic (exact) mass is 532 g/mol. The largest absolute Gasteiger partial charge is 0.477 e. The average Bonchev–Trinajstić information content (AvgIpc) is 2.76. The van der Waals surface area contributed by atoms with E-state index < -0.39 is 34.6 Å². The summed E-state index contributed by atoms with van der Waals surface area (Å²) in [6.07, 6.45) is -2.83. The minimum atomic E-state index is -5.08. The smallest absolute Gasteiger partial charge is 0.433 e. The normalized spacial score (nSPS) is 11.5. The summed E-state index contributed by atoms with van der Waals surface area (Å²) in [6, 6.07) is 5.15. The molecular formula is C21H17ClF4N4O4S. The first-order chi connectivity index (χ1) is 16.4. The second-order valence-electron chi connectivity index (χ2n) is 7.15. The number of Topliss-reactive ketones (excluding diaryl/α,β-unsaturated/α-hetero) is 1. The van der Waals surface area contributed by atoms with Gasteiger partial charge in [-0.2, -0.15) is 13.2 Å². The Morgan fingerprint density at radius 3 is 2.60 bits per heavy atom. The third kappa shape index (κ3) is 6.03. The van der Waals surface area contributed by atoms with Crippen LogP contribution >= 0.6 is 23.4 Å². The highest BCUT2D eigenvalue weighted by Crippen LogP contribution is 2.39. The van der Waals surface area contributed by atoms with Crippen LogP contribution in [0.15, 0.2) is 55.9 Å². The molecule has 35 heavy (non-hydrogen) atoms. The first-order valence-corrected chi connectivity index (χ1v) is 11.1. The standard InChI is InChI=1S/C21H17ClF4N4O4S/c1-11(31)4-3-7-34-19-15(5-2-6-28-19)35-16-9-14(13(23)8-12(16)22)29-18(32)10-17(21(24,25)26)30(27)20(29)33/h2,5-6,8-10H,3-4,7,27H2,1H3. The molecule has 0 amide bonds. The van der Waals surface area contributed by atoms with Crippen LogP contribution in [-0.2, 0) is 11.0 Å². The third-order valence-corrected chi connectivity index (χ3v) is 6.05. The Kier molecular flexibility index (Phi) is 7.90. The van der Waals surface area contributed by atoms with Crippen LogP contribution in [0.2, 0.25) is 5.02 Å². The zero-order chi connectivity index (χ0) is 25.9. The van der Waals surface area contributed by atoms with Crippen molar-refractivity contribution in [3.8, 4) is 11.6 Å². The molecular weight excluding hydrogens is 516 g/mol. The number of carbonyl (C=O) groups excluding carboxylic acids is 1. The minimum absolute atomic E-state index is 0.00453. The van der Waals surface area contributed by atoms with Crippen molar-refractivity contribution < 1.29 is 27.1 Å². The van der Waals surface area contributed by atoms with Gasteiger partial charge < -0.3 is 15.4 Å². The van der Waals surface area contributed by atoms with Gasteiger partial charge in [0.2, 0.25) is 5.88 Å².